The van der Waals surface area contributed by atoms with E-state index in [2.05, 4.69) is 24.1 Å². The van der Waals surface area contributed by atoms with E-state index in [1.54, 1.807) is 11.3 Å². The van der Waals surface area contributed by atoms with Gasteiger partial charge in [-0.25, -0.2) is 9.67 Å². The normalized spacial score (nSPS) is 11.5. The van der Waals surface area contributed by atoms with Gasteiger partial charge in [0.15, 0.2) is 10.6 Å². The van der Waals surface area contributed by atoms with Gasteiger partial charge in [0.1, 0.15) is 5.01 Å². The molecule has 0 spiro atoms. The lowest BCUT2D eigenvalue weighted by molar-refractivity contribution is 0.244. The SMILES string of the molecule is CN(Cc1nc2ccccc2s1)Cn1nc(-c2ccccc2)n(C)c1=S. The molecule has 0 aliphatic rings. The fourth-order valence-corrected chi connectivity index (χ4v) is 4.15. The molecule has 2 aromatic heterocycles. The number of aromatic nitrogens is 4. The Bertz CT molecular complexity index is 1060. The molecule has 0 N–H and O–H groups in total. The molecule has 4 aromatic rings. The highest BCUT2D eigenvalue weighted by Crippen LogP contribution is 2.22. The number of para-hydroxylation sites is 1. The molecule has 7 heteroatoms. The molecule has 132 valence electrons. The van der Waals surface area contributed by atoms with Crippen molar-refractivity contribution in [2.24, 2.45) is 7.05 Å². The van der Waals surface area contributed by atoms with Crippen molar-refractivity contribution < 1.29 is 0 Å². The van der Waals surface area contributed by atoms with Crippen LogP contribution in [0.1, 0.15) is 5.01 Å². The molecule has 0 unspecified atom stereocenters. The largest absolute Gasteiger partial charge is 0.303 e. The minimum atomic E-state index is 0.620. The number of fused-ring (bicyclic) bond motifs is 1. The maximum absolute atomic E-state index is 5.57. The van der Waals surface area contributed by atoms with Crippen LogP contribution in [0.15, 0.2) is 54.6 Å². The fraction of sp³-hybridized carbons (Fsp3) is 0.211. The van der Waals surface area contributed by atoms with E-state index in [1.165, 1.54) is 4.70 Å². The third-order valence-corrected chi connectivity index (χ3v) is 5.70. The second-order valence-corrected chi connectivity index (χ2v) is 7.74. The van der Waals surface area contributed by atoms with Crippen LogP contribution in [0, 0.1) is 4.77 Å². The van der Waals surface area contributed by atoms with E-state index >= 15 is 0 Å². The summed E-state index contributed by atoms with van der Waals surface area (Å²) in [4.78, 5) is 6.88. The molecule has 0 saturated heterocycles. The summed E-state index contributed by atoms with van der Waals surface area (Å²) >= 11 is 7.31. The Balaban J connectivity index is 1.54. The summed E-state index contributed by atoms with van der Waals surface area (Å²) in [7, 11) is 4.02. The van der Waals surface area contributed by atoms with Crippen LogP contribution in [0.4, 0.5) is 0 Å². The first kappa shape index (κ1) is 17.1. The van der Waals surface area contributed by atoms with E-state index in [4.69, 9.17) is 22.3 Å². The van der Waals surface area contributed by atoms with E-state index in [1.807, 2.05) is 58.8 Å². The predicted octanol–water partition coefficient (Wildman–Crippen LogP) is 4.32. The van der Waals surface area contributed by atoms with Crippen LogP contribution in [-0.4, -0.2) is 31.3 Å². The first-order valence-electron chi connectivity index (χ1n) is 8.34. The highest BCUT2D eigenvalue weighted by molar-refractivity contribution is 7.71. The van der Waals surface area contributed by atoms with Crippen LogP contribution >= 0.6 is 23.6 Å². The summed E-state index contributed by atoms with van der Waals surface area (Å²) in [6.07, 6.45) is 0. The third-order valence-electron chi connectivity index (χ3n) is 4.19. The molecule has 0 bridgehead atoms. The van der Waals surface area contributed by atoms with Gasteiger partial charge in [0, 0.05) is 12.6 Å². The number of hydrogen-bond donors (Lipinski definition) is 0. The van der Waals surface area contributed by atoms with Crippen molar-refractivity contribution in [3.05, 3.63) is 64.4 Å². The lowest BCUT2D eigenvalue weighted by atomic mass is 10.2. The molecule has 2 heterocycles. The Labute approximate surface area is 161 Å². The minimum absolute atomic E-state index is 0.620. The first-order valence-corrected chi connectivity index (χ1v) is 9.56. The fourth-order valence-electron chi connectivity index (χ4n) is 2.92. The summed E-state index contributed by atoms with van der Waals surface area (Å²) in [6.45, 7) is 1.38. The van der Waals surface area contributed by atoms with Gasteiger partial charge < -0.3 is 4.57 Å². The Morgan fingerprint density at radius 1 is 1.08 bits per heavy atom. The highest BCUT2D eigenvalue weighted by Gasteiger charge is 2.12. The van der Waals surface area contributed by atoms with Gasteiger partial charge in [0.2, 0.25) is 0 Å². The van der Waals surface area contributed by atoms with E-state index in [-0.39, 0.29) is 0 Å². The summed E-state index contributed by atoms with van der Waals surface area (Å²) in [5.74, 6) is 0.879. The standard InChI is InChI=1S/C19H19N5S2/c1-22(12-17-20-15-10-6-7-11-16(15)26-17)13-24-19(25)23(2)18(21-24)14-8-4-3-5-9-14/h3-11H,12-13H2,1-2H3. The van der Waals surface area contributed by atoms with E-state index in [0.717, 1.165) is 28.5 Å². The molecule has 0 atom stereocenters. The number of thiazole rings is 1. The predicted molar refractivity (Wildman–Crippen MR) is 109 cm³/mol. The lowest BCUT2D eigenvalue weighted by Gasteiger charge is -2.14. The van der Waals surface area contributed by atoms with Crippen LogP contribution < -0.4 is 0 Å². The van der Waals surface area contributed by atoms with Crippen molar-refractivity contribution in [2.45, 2.75) is 13.2 Å². The number of rotatable bonds is 5. The minimum Gasteiger partial charge on any atom is -0.303 e. The monoisotopic (exact) mass is 381 g/mol. The molecule has 0 aliphatic heterocycles. The Morgan fingerprint density at radius 3 is 2.58 bits per heavy atom. The molecule has 0 amide bonds. The van der Waals surface area contributed by atoms with Gasteiger partial charge in [-0.3, -0.25) is 4.90 Å². The summed E-state index contributed by atoms with van der Waals surface area (Å²) in [6, 6.07) is 18.3. The van der Waals surface area contributed by atoms with E-state index in [9.17, 15) is 0 Å². The Hall–Kier alpha value is -2.35. The average Bonchev–Trinajstić information content (AvgIpc) is 3.18. The van der Waals surface area contributed by atoms with Gasteiger partial charge in [-0.15, -0.1) is 11.3 Å². The average molecular weight is 382 g/mol. The zero-order chi connectivity index (χ0) is 18.1. The molecule has 0 fully saturated rings. The van der Waals surface area contributed by atoms with Crippen LogP contribution in [-0.2, 0) is 20.3 Å². The second kappa shape index (κ2) is 7.11. The lowest BCUT2D eigenvalue weighted by Crippen LogP contribution is -2.22. The van der Waals surface area contributed by atoms with Gasteiger partial charge in [-0.1, -0.05) is 42.5 Å². The molecule has 0 saturated carbocycles. The molecule has 4 rings (SSSR count). The van der Waals surface area contributed by atoms with Crippen molar-refractivity contribution in [2.75, 3.05) is 7.05 Å². The molecule has 2 aromatic carbocycles. The van der Waals surface area contributed by atoms with Gasteiger partial charge in [0.05, 0.1) is 23.4 Å². The third kappa shape index (κ3) is 3.33. The van der Waals surface area contributed by atoms with Gasteiger partial charge >= 0.3 is 0 Å². The zero-order valence-electron chi connectivity index (χ0n) is 14.7. The van der Waals surface area contributed by atoms with Crippen LogP contribution in [0.2, 0.25) is 0 Å². The first-order chi connectivity index (χ1) is 12.6. The molecule has 26 heavy (non-hydrogen) atoms. The second-order valence-electron chi connectivity index (χ2n) is 6.26. The molecule has 0 radical (unpaired) electrons. The highest BCUT2D eigenvalue weighted by atomic mass is 32.1. The molecular weight excluding hydrogens is 362 g/mol. The zero-order valence-corrected chi connectivity index (χ0v) is 16.3. The molecular formula is C19H19N5S2. The van der Waals surface area contributed by atoms with Crippen molar-refractivity contribution in [3.63, 3.8) is 0 Å². The Kier molecular flexibility index (Phi) is 4.67. The van der Waals surface area contributed by atoms with Gasteiger partial charge in [-0.2, -0.15) is 5.10 Å². The van der Waals surface area contributed by atoms with Crippen molar-refractivity contribution in [1.82, 2.24) is 24.2 Å². The van der Waals surface area contributed by atoms with Crippen molar-refractivity contribution in [3.8, 4) is 11.4 Å². The maximum Gasteiger partial charge on any atom is 0.199 e. The van der Waals surface area contributed by atoms with Crippen LogP contribution in [0.3, 0.4) is 0 Å². The summed E-state index contributed by atoms with van der Waals surface area (Å²) < 4.78 is 5.75. The van der Waals surface area contributed by atoms with Crippen LogP contribution in [0.25, 0.3) is 21.6 Å². The molecule has 5 nitrogen and oxygen atoms in total. The van der Waals surface area contributed by atoms with Gasteiger partial charge in [-0.05, 0) is 31.4 Å². The maximum atomic E-state index is 5.57. The summed E-state index contributed by atoms with van der Waals surface area (Å²) in [5.41, 5.74) is 2.12. The van der Waals surface area contributed by atoms with Crippen molar-refractivity contribution >= 4 is 33.8 Å². The smallest absolute Gasteiger partial charge is 0.199 e. The topological polar surface area (TPSA) is 38.9 Å². The van der Waals surface area contributed by atoms with Crippen molar-refractivity contribution in [1.29, 1.82) is 0 Å². The van der Waals surface area contributed by atoms with Gasteiger partial charge in [0.25, 0.3) is 0 Å². The Morgan fingerprint density at radius 2 is 1.81 bits per heavy atom. The van der Waals surface area contributed by atoms with Crippen LogP contribution in [0.5, 0.6) is 0 Å². The summed E-state index contributed by atoms with van der Waals surface area (Å²) in [5, 5.41) is 5.82. The van der Waals surface area contributed by atoms with E-state index < -0.39 is 0 Å². The molecule has 0 aliphatic carbocycles. The number of hydrogen-bond acceptors (Lipinski definition) is 5. The number of benzene rings is 2. The number of nitrogens with zero attached hydrogens (tertiary/aromatic N) is 5. The van der Waals surface area contributed by atoms with E-state index in [0.29, 0.717) is 11.4 Å². The quantitative estimate of drug-likeness (QED) is 0.483.